The summed E-state index contributed by atoms with van der Waals surface area (Å²) in [5, 5.41) is 18.8. The number of carbonyl (C=O) groups excluding carboxylic acids is 2. The van der Waals surface area contributed by atoms with Gasteiger partial charge in [0.15, 0.2) is 23.1 Å². The van der Waals surface area contributed by atoms with Crippen molar-refractivity contribution in [3.63, 3.8) is 0 Å². The number of aryl methyl sites for hydroxylation is 1. The minimum atomic E-state index is -0.482. The van der Waals surface area contributed by atoms with Gasteiger partial charge in [0.2, 0.25) is 0 Å². The molecule has 0 radical (unpaired) electrons. The van der Waals surface area contributed by atoms with Crippen LogP contribution in [0.2, 0.25) is 0 Å². The lowest BCUT2D eigenvalue weighted by Gasteiger charge is -2.24. The number of amides is 3. The molecule has 1 aliphatic heterocycles. The molecule has 1 aliphatic carbocycles. The lowest BCUT2D eigenvalue weighted by Crippen LogP contribution is -2.50. The van der Waals surface area contributed by atoms with Crippen LogP contribution in [-0.4, -0.2) is 96.8 Å². The van der Waals surface area contributed by atoms with Crippen LogP contribution in [0, 0.1) is 0 Å². The summed E-state index contributed by atoms with van der Waals surface area (Å²) in [6.45, 7) is 1.16. The number of nitrogens with one attached hydrogen (secondary N) is 2. The summed E-state index contributed by atoms with van der Waals surface area (Å²) in [6, 6.07) is 7.45. The second kappa shape index (κ2) is 10.6. The van der Waals surface area contributed by atoms with Crippen molar-refractivity contribution in [1.29, 1.82) is 0 Å². The highest BCUT2D eigenvalue weighted by Crippen LogP contribution is 2.37. The number of hydrogen-bond donors (Lipinski definition) is 2. The standard InChI is InChI=1S/C24H32B3N9O3/c1-34-13-28-21(33-34)15-8-5-9-16(20(15)39-2)29-17-12-18(31-32-19(17)22(37)30-24(25,26)27)36-11-10-35(23(36)38)14-6-3-4-7-14/h5,8-9,12-14H,3-4,6-7,10-11,25-27H2,1-2H3,(H,29,31)(H,30,37). The Balaban J connectivity index is 1.51. The van der Waals surface area contributed by atoms with Gasteiger partial charge in [0, 0.05) is 32.2 Å². The van der Waals surface area contributed by atoms with Crippen molar-refractivity contribution >= 4 is 52.7 Å². The summed E-state index contributed by atoms with van der Waals surface area (Å²) >= 11 is 0. The molecule has 3 aromatic rings. The number of para-hydroxylation sites is 1. The second-order valence-electron chi connectivity index (χ2n) is 11.0. The van der Waals surface area contributed by atoms with Crippen molar-refractivity contribution in [2.45, 2.75) is 37.0 Å². The number of urea groups is 1. The Labute approximate surface area is 230 Å². The maximum absolute atomic E-state index is 13.3. The van der Waals surface area contributed by atoms with Crippen LogP contribution >= 0.6 is 0 Å². The van der Waals surface area contributed by atoms with Gasteiger partial charge < -0.3 is 20.3 Å². The number of anilines is 3. The highest BCUT2D eigenvalue weighted by Gasteiger charge is 2.37. The molecule has 12 nitrogen and oxygen atoms in total. The molecule has 15 heteroatoms. The topological polar surface area (TPSA) is 130 Å². The molecule has 2 fully saturated rings. The third kappa shape index (κ3) is 5.57. The normalized spacial score (nSPS) is 16.1. The van der Waals surface area contributed by atoms with Crippen molar-refractivity contribution in [2.75, 3.05) is 30.4 Å². The first-order valence-electron chi connectivity index (χ1n) is 13.2. The van der Waals surface area contributed by atoms with E-state index >= 15 is 0 Å². The van der Waals surface area contributed by atoms with Gasteiger partial charge in [0.25, 0.3) is 5.91 Å². The Morgan fingerprint density at radius 3 is 2.56 bits per heavy atom. The molecule has 3 heterocycles. The largest absolute Gasteiger partial charge is 0.494 e. The molecule has 2 aliphatic rings. The van der Waals surface area contributed by atoms with Crippen LogP contribution in [0.4, 0.5) is 22.0 Å². The zero-order valence-electron chi connectivity index (χ0n) is 23.1. The van der Waals surface area contributed by atoms with E-state index in [0.29, 0.717) is 47.4 Å². The molecular weight excluding hydrogens is 495 g/mol. The Kier molecular flexibility index (Phi) is 7.24. The quantitative estimate of drug-likeness (QED) is 0.374. The fraction of sp³-hybridized carbons (Fsp3) is 0.417. The molecule has 1 aromatic carbocycles. The molecule has 39 heavy (non-hydrogen) atoms. The summed E-state index contributed by atoms with van der Waals surface area (Å²) in [6.07, 6.45) is 5.98. The van der Waals surface area contributed by atoms with Gasteiger partial charge in [0.1, 0.15) is 29.9 Å². The number of hydrogen-bond acceptors (Lipinski definition) is 8. The number of aromatic nitrogens is 5. The van der Waals surface area contributed by atoms with Crippen LogP contribution in [0.3, 0.4) is 0 Å². The summed E-state index contributed by atoms with van der Waals surface area (Å²) in [5.41, 5.74) is 1.79. The molecule has 2 aromatic heterocycles. The van der Waals surface area contributed by atoms with E-state index in [1.807, 2.05) is 46.6 Å². The van der Waals surface area contributed by atoms with E-state index in [1.165, 1.54) is 0 Å². The molecule has 0 unspecified atom stereocenters. The predicted molar refractivity (Wildman–Crippen MR) is 156 cm³/mol. The van der Waals surface area contributed by atoms with E-state index in [2.05, 4.69) is 30.9 Å². The van der Waals surface area contributed by atoms with Gasteiger partial charge >= 0.3 is 6.03 Å². The maximum Gasteiger partial charge on any atom is 0.326 e. The first kappa shape index (κ1) is 26.6. The maximum atomic E-state index is 13.3. The Morgan fingerprint density at radius 1 is 1.13 bits per heavy atom. The Morgan fingerprint density at radius 2 is 1.90 bits per heavy atom. The number of ether oxygens (including phenoxy) is 1. The first-order valence-corrected chi connectivity index (χ1v) is 13.2. The fourth-order valence-electron chi connectivity index (χ4n) is 5.14. The smallest absolute Gasteiger partial charge is 0.326 e. The van der Waals surface area contributed by atoms with Gasteiger partial charge in [-0.15, -0.1) is 10.2 Å². The number of benzene rings is 1. The molecule has 2 N–H and O–H groups in total. The van der Waals surface area contributed by atoms with E-state index in [1.54, 1.807) is 36.1 Å². The van der Waals surface area contributed by atoms with Gasteiger partial charge in [-0.2, -0.15) is 5.10 Å². The third-order valence-corrected chi connectivity index (χ3v) is 6.90. The SMILES string of the molecule is BC(B)(B)NC(=O)c1nnc(N2CCN(C3CCCC3)C2=O)cc1Nc1cccc(-c2ncn(C)n2)c1OC. The predicted octanol–water partition coefficient (Wildman–Crippen LogP) is -0.551. The van der Waals surface area contributed by atoms with Crippen LogP contribution in [0.25, 0.3) is 11.4 Å². The Hall–Kier alpha value is -4.03. The van der Waals surface area contributed by atoms with Gasteiger partial charge in [-0.3, -0.25) is 14.4 Å². The second-order valence-corrected chi connectivity index (χ2v) is 11.0. The molecule has 5 rings (SSSR count). The van der Waals surface area contributed by atoms with Crippen LogP contribution in [-0.2, 0) is 7.05 Å². The number of methoxy groups -OCH3 is 1. The fourth-order valence-corrected chi connectivity index (χ4v) is 5.14. The molecule has 0 bridgehead atoms. The van der Waals surface area contributed by atoms with Crippen LogP contribution in [0.5, 0.6) is 5.75 Å². The highest BCUT2D eigenvalue weighted by molar-refractivity contribution is 6.60. The van der Waals surface area contributed by atoms with Crippen molar-refractivity contribution in [3.05, 3.63) is 36.3 Å². The summed E-state index contributed by atoms with van der Waals surface area (Å²) < 4.78 is 7.37. The zero-order valence-corrected chi connectivity index (χ0v) is 23.1. The monoisotopic (exact) mass is 527 g/mol. The summed E-state index contributed by atoms with van der Waals surface area (Å²) in [4.78, 5) is 34.5. The van der Waals surface area contributed by atoms with Gasteiger partial charge in [-0.1, -0.05) is 18.9 Å². The zero-order chi connectivity index (χ0) is 27.7. The molecule has 1 saturated carbocycles. The van der Waals surface area contributed by atoms with Gasteiger partial charge in [-0.05, 0) is 30.2 Å². The van der Waals surface area contributed by atoms with Crippen molar-refractivity contribution in [3.8, 4) is 17.1 Å². The van der Waals surface area contributed by atoms with Gasteiger partial charge in [-0.25, -0.2) is 9.78 Å². The molecular formula is C24H32B3N9O3. The van der Waals surface area contributed by atoms with E-state index in [0.717, 1.165) is 25.7 Å². The van der Waals surface area contributed by atoms with Crippen molar-refractivity contribution in [2.24, 2.45) is 7.05 Å². The number of rotatable bonds is 8. The summed E-state index contributed by atoms with van der Waals surface area (Å²) in [7, 11) is 9.05. The molecule has 3 amide bonds. The summed E-state index contributed by atoms with van der Waals surface area (Å²) in [5.74, 6) is 1.02. The molecule has 0 spiro atoms. The first-order chi connectivity index (χ1) is 18.6. The van der Waals surface area contributed by atoms with Crippen LogP contribution in [0.15, 0.2) is 30.6 Å². The lowest BCUT2D eigenvalue weighted by atomic mass is 9.49. The minimum Gasteiger partial charge on any atom is -0.494 e. The van der Waals surface area contributed by atoms with Crippen LogP contribution < -0.4 is 20.3 Å². The molecule has 200 valence electrons. The number of carbonyl (C=O) groups is 2. The molecule has 0 atom stereocenters. The Bertz CT molecular complexity index is 1390. The van der Waals surface area contributed by atoms with E-state index in [-0.39, 0.29) is 23.7 Å². The van der Waals surface area contributed by atoms with Crippen LogP contribution in [0.1, 0.15) is 36.2 Å². The molecule has 1 saturated heterocycles. The average Bonchev–Trinajstić information content (AvgIpc) is 3.64. The number of nitrogens with zero attached hydrogens (tertiary/aromatic N) is 7. The third-order valence-electron chi connectivity index (χ3n) is 6.90. The lowest BCUT2D eigenvalue weighted by molar-refractivity contribution is 0.0947. The average molecular weight is 527 g/mol. The van der Waals surface area contributed by atoms with E-state index in [4.69, 9.17) is 4.74 Å². The highest BCUT2D eigenvalue weighted by atomic mass is 16.5. The van der Waals surface area contributed by atoms with Gasteiger partial charge in [0.05, 0.1) is 24.0 Å². The van der Waals surface area contributed by atoms with E-state index in [9.17, 15) is 9.59 Å². The van der Waals surface area contributed by atoms with Crippen molar-refractivity contribution < 1.29 is 14.3 Å². The minimum absolute atomic E-state index is 0.0742. The van der Waals surface area contributed by atoms with Crippen molar-refractivity contribution in [1.82, 2.24) is 35.2 Å². The van der Waals surface area contributed by atoms with E-state index < -0.39 is 5.24 Å².